The highest BCUT2D eigenvalue weighted by molar-refractivity contribution is 5.80. The Kier molecular flexibility index (Phi) is 57.5. The maximum atomic E-state index is 13.2. The molecule has 0 spiro atoms. The maximum absolute atomic E-state index is 13.2. The molecule has 0 saturated carbocycles. The van der Waals surface area contributed by atoms with Crippen LogP contribution in [0.1, 0.15) is 335 Å². The minimum atomic E-state index is -1.68. The molecule has 1 saturated heterocycles. The van der Waals surface area contributed by atoms with Crippen LogP contribution < -0.4 is 5.32 Å². The molecule has 1 rings (SSSR count). The third-order valence-corrected chi connectivity index (χ3v) is 17.1. The Morgan fingerprint density at radius 2 is 0.723 bits per heavy atom. The molecule has 8 N–H and O–H groups in total. The Morgan fingerprint density at radius 1 is 0.410 bits per heavy atom. The van der Waals surface area contributed by atoms with Gasteiger partial charge >= 0.3 is 0 Å². The number of carbonyl (C=O) groups is 1. The molecule has 1 aliphatic rings. The number of nitrogens with one attached hydrogen (secondary N) is 1. The molecule has 0 aliphatic carbocycles. The SMILES string of the molecule is CCCCCCCCCCCCCC/C=C\CCCCCCCCCCCC(O)C(=O)NC(COC1OC(CO)C(O)C(O)C1O)C(O)C(O)CCC/C=C/CC/C=C/CC/C=C/CCCCCCCCCCCCCCCCCCCC. The van der Waals surface area contributed by atoms with Gasteiger partial charge in [-0.1, -0.05) is 294 Å². The normalized spacial score (nSPS) is 19.3. The number of amides is 1. The van der Waals surface area contributed by atoms with E-state index < -0.39 is 74.2 Å². The molecule has 1 aliphatic heterocycles. The molecule has 9 unspecified atom stereocenters. The van der Waals surface area contributed by atoms with Crippen molar-refractivity contribution in [3.05, 3.63) is 48.6 Å². The number of carbonyl (C=O) groups excluding carboxylic acids is 1. The number of allylic oxidation sites excluding steroid dienone is 8. The molecular weight excluding hydrogens is 1040 g/mol. The molecule has 1 heterocycles. The van der Waals surface area contributed by atoms with E-state index in [4.69, 9.17) is 9.47 Å². The Hall–Kier alpha value is -1.93. The summed E-state index contributed by atoms with van der Waals surface area (Å²) in [6.45, 7) is 3.48. The van der Waals surface area contributed by atoms with Crippen LogP contribution in [0.2, 0.25) is 0 Å². The molecular formula is C72H135NO10. The number of rotatable bonds is 62. The molecule has 11 heteroatoms. The van der Waals surface area contributed by atoms with Crippen LogP contribution in [0, 0.1) is 0 Å². The Labute approximate surface area is 510 Å². The largest absolute Gasteiger partial charge is 0.394 e. The van der Waals surface area contributed by atoms with E-state index in [2.05, 4.69) is 67.8 Å². The van der Waals surface area contributed by atoms with Gasteiger partial charge in [0.15, 0.2) is 6.29 Å². The van der Waals surface area contributed by atoms with E-state index in [1.807, 2.05) is 0 Å². The third-order valence-electron chi connectivity index (χ3n) is 17.1. The first kappa shape index (κ1) is 79.1. The van der Waals surface area contributed by atoms with Crippen molar-refractivity contribution in [3.63, 3.8) is 0 Å². The van der Waals surface area contributed by atoms with E-state index in [-0.39, 0.29) is 12.8 Å². The molecule has 83 heavy (non-hydrogen) atoms. The van der Waals surface area contributed by atoms with Crippen LogP contribution in [0.5, 0.6) is 0 Å². The van der Waals surface area contributed by atoms with Crippen molar-refractivity contribution in [3.8, 4) is 0 Å². The van der Waals surface area contributed by atoms with Crippen LogP contribution in [-0.2, 0) is 14.3 Å². The van der Waals surface area contributed by atoms with Gasteiger partial charge < -0.3 is 50.5 Å². The zero-order valence-corrected chi connectivity index (χ0v) is 53.9. The minimum absolute atomic E-state index is 0.240. The van der Waals surface area contributed by atoms with Gasteiger partial charge in [-0.25, -0.2) is 0 Å². The fraction of sp³-hybridized carbons (Fsp3) is 0.875. The smallest absolute Gasteiger partial charge is 0.249 e. The summed E-state index contributed by atoms with van der Waals surface area (Å²) in [6.07, 6.45) is 67.7. The zero-order chi connectivity index (χ0) is 60.3. The molecule has 1 fully saturated rings. The molecule has 0 aromatic rings. The number of hydrogen-bond donors (Lipinski definition) is 8. The second kappa shape index (κ2) is 60.4. The van der Waals surface area contributed by atoms with Gasteiger partial charge in [0.25, 0.3) is 0 Å². The summed E-state index contributed by atoms with van der Waals surface area (Å²) in [5.41, 5.74) is 0. The molecule has 0 bridgehead atoms. The van der Waals surface area contributed by atoms with Gasteiger partial charge in [-0.2, -0.15) is 0 Å². The lowest BCUT2D eigenvalue weighted by molar-refractivity contribution is -0.303. The van der Waals surface area contributed by atoms with Crippen LogP contribution in [-0.4, -0.2) is 110 Å². The van der Waals surface area contributed by atoms with Gasteiger partial charge in [0.2, 0.25) is 5.91 Å². The predicted octanol–water partition coefficient (Wildman–Crippen LogP) is 17.1. The lowest BCUT2D eigenvalue weighted by Crippen LogP contribution is -2.60. The summed E-state index contributed by atoms with van der Waals surface area (Å²) in [6, 6.07) is -1.20. The van der Waals surface area contributed by atoms with Gasteiger partial charge in [0, 0.05) is 0 Å². The second-order valence-corrected chi connectivity index (χ2v) is 24.9. The van der Waals surface area contributed by atoms with Crippen LogP contribution in [0.25, 0.3) is 0 Å². The number of ether oxygens (including phenoxy) is 2. The lowest BCUT2D eigenvalue weighted by atomic mass is 9.98. The van der Waals surface area contributed by atoms with E-state index in [1.54, 1.807) is 0 Å². The number of aliphatic hydroxyl groups excluding tert-OH is 7. The first-order valence-corrected chi connectivity index (χ1v) is 35.5. The summed E-state index contributed by atoms with van der Waals surface area (Å²) in [5.74, 6) is -0.711. The Bertz CT molecular complexity index is 1490. The van der Waals surface area contributed by atoms with E-state index >= 15 is 0 Å². The number of hydrogen-bond acceptors (Lipinski definition) is 10. The van der Waals surface area contributed by atoms with Crippen molar-refractivity contribution < 1.29 is 50.0 Å². The molecule has 488 valence electrons. The summed E-state index contributed by atoms with van der Waals surface area (Å²) in [7, 11) is 0. The summed E-state index contributed by atoms with van der Waals surface area (Å²) in [5, 5.41) is 76.5. The van der Waals surface area contributed by atoms with Crippen molar-refractivity contribution in [2.24, 2.45) is 0 Å². The van der Waals surface area contributed by atoms with E-state index in [0.717, 1.165) is 44.9 Å². The number of aliphatic hydroxyl groups is 7. The maximum Gasteiger partial charge on any atom is 0.249 e. The van der Waals surface area contributed by atoms with Crippen LogP contribution in [0.15, 0.2) is 48.6 Å². The van der Waals surface area contributed by atoms with Crippen molar-refractivity contribution >= 4 is 5.91 Å². The van der Waals surface area contributed by atoms with Gasteiger partial charge in [-0.15, -0.1) is 0 Å². The monoisotopic (exact) mass is 1170 g/mol. The van der Waals surface area contributed by atoms with E-state index in [1.165, 1.54) is 244 Å². The summed E-state index contributed by atoms with van der Waals surface area (Å²) >= 11 is 0. The standard InChI is InChI=1S/C72H135NO10/c1-3-5-7-9-11-13-15-17-19-21-23-25-27-29-30-31-32-33-34-36-37-39-41-43-45-47-49-51-53-55-57-59-64(75)67(77)63(62-82-72-70(80)69(79)68(78)66(61-74)83-72)73-71(81)65(76)60-58-56-54-52-50-48-46-44-42-40-38-35-28-26-24-22-20-18-16-14-12-10-8-6-4-2/h35-38,43,45,51,53,63-70,72,74-80H,3-34,39-42,44,46-50,52,54-62H2,1-2H3,(H,73,81)/b37-36+,38-35-,45-43+,53-51+. The van der Waals surface area contributed by atoms with E-state index in [9.17, 15) is 40.5 Å². The van der Waals surface area contributed by atoms with Crippen LogP contribution >= 0.6 is 0 Å². The second-order valence-electron chi connectivity index (χ2n) is 24.9. The van der Waals surface area contributed by atoms with Crippen LogP contribution in [0.4, 0.5) is 0 Å². The average molecular weight is 1170 g/mol. The number of unbranched alkanes of at least 4 members (excludes halogenated alkanes) is 42. The van der Waals surface area contributed by atoms with Gasteiger partial charge in [0.1, 0.15) is 36.6 Å². The minimum Gasteiger partial charge on any atom is -0.394 e. The fourth-order valence-corrected chi connectivity index (χ4v) is 11.4. The first-order chi connectivity index (χ1) is 40.7. The van der Waals surface area contributed by atoms with E-state index in [0.29, 0.717) is 19.3 Å². The average Bonchev–Trinajstić information content (AvgIpc) is 3.69. The molecule has 0 radical (unpaired) electrons. The highest BCUT2D eigenvalue weighted by atomic mass is 16.7. The zero-order valence-electron chi connectivity index (χ0n) is 53.9. The molecule has 0 aromatic heterocycles. The quantitative estimate of drug-likeness (QED) is 0.0215. The van der Waals surface area contributed by atoms with Crippen molar-refractivity contribution in [2.75, 3.05) is 13.2 Å². The molecule has 0 aromatic carbocycles. The highest BCUT2D eigenvalue weighted by Gasteiger charge is 2.44. The molecule has 1 amide bonds. The topological polar surface area (TPSA) is 189 Å². The van der Waals surface area contributed by atoms with Gasteiger partial charge in [-0.05, 0) is 89.9 Å². The van der Waals surface area contributed by atoms with Gasteiger partial charge in [-0.3, -0.25) is 4.79 Å². The Morgan fingerprint density at radius 3 is 1.07 bits per heavy atom. The van der Waals surface area contributed by atoms with Crippen molar-refractivity contribution in [1.82, 2.24) is 5.32 Å². The molecule has 11 nitrogen and oxygen atoms in total. The van der Waals surface area contributed by atoms with Gasteiger partial charge in [0.05, 0.1) is 25.4 Å². The van der Waals surface area contributed by atoms with Crippen molar-refractivity contribution in [1.29, 1.82) is 0 Å². The summed E-state index contributed by atoms with van der Waals surface area (Å²) in [4.78, 5) is 13.2. The lowest BCUT2D eigenvalue weighted by Gasteiger charge is -2.40. The van der Waals surface area contributed by atoms with Crippen LogP contribution in [0.3, 0.4) is 0 Å². The third kappa shape index (κ3) is 47.8. The van der Waals surface area contributed by atoms with Crippen molar-refractivity contribution in [2.45, 2.75) is 390 Å². The highest BCUT2D eigenvalue weighted by Crippen LogP contribution is 2.24. The predicted molar refractivity (Wildman–Crippen MR) is 348 cm³/mol. The summed E-state index contributed by atoms with van der Waals surface area (Å²) < 4.78 is 11.2. The Balaban J connectivity index is 2.24. The molecule has 9 atom stereocenters. The first-order valence-electron chi connectivity index (χ1n) is 35.5. The fourth-order valence-electron chi connectivity index (χ4n) is 11.4.